The highest BCUT2D eigenvalue weighted by Crippen LogP contribution is 2.23. The number of hydrogen-bond donors (Lipinski definition) is 1. The van der Waals surface area contributed by atoms with Gasteiger partial charge < -0.3 is 14.5 Å². The lowest BCUT2D eigenvalue weighted by Gasteiger charge is -2.17. The minimum atomic E-state index is 0.552. The number of benzene rings is 1. The van der Waals surface area contributed by atoms with E-state index in [0.29, 0.717) is 11.2 Å². The van der Waals surface area contributed by atoms with Crippen LogP contribution in [0.4, 0.5) is 0 Å². The number of H-pyrrole nitrogens is 1. The first kappa shape index (κ1) is 12.3. The van der Waals surface area contributed by atoms with E-state index in [1.54, 1.807) is 7.11 Å². The van der Waals surface area contributed by atoms with Crippen molar-refractivity contribution in [1.82, 2.24) is 9.97 Å². The predicted octanol–water partition coefficient (Wildman–Crippen LogP) is 2.89. The van der Waals surface area contributed by atoms with Crippen LogP contribution in [0.1, 0.15) is 11.3 Å². The van der Waals surface area contributed by atoms with E-state index in [2.05, 4.69) is 9.97 Å². The van der Waals surface area contributed by atoms with Crippen molar-refractivity contribution in [1.29, 1.82) is 0 Å². The number of ether oxygens (including phenoxy) is 2. The third-order valence-electron chi connectivity index (χ3n) is 3.19. The van der Waals surface area contributed by atoms with Gasteiger partial charge in [0.1, 0.15) is 16.2 Å². The van der Waals surface area contributed by atoms with Crippen molar-refractivity contribution >= 4 is 12.2 Å². The lowest BCUT2D eigenvalue weighted by molar-refractivity contribution is 0.108. The molecule has 3 rings (SSSR count). The van der Waals surface area contributed by atoms with Gasteiger partial charge in [-0.25, -0.2) is 4.98 Å². The molecule has 0 bridgehead atoms. The van der Waals surface area contributed by atoms with Crippen LogP contribution in [0.2, 0.25) is 0 Å². The average Bonchev–Trinajstić information content (AvgIpc) is 2.47. The van der Waals surface area contributed by atoms with Gasteiger partial charge in [-0.15, -0.1) is 0 Å². The van der Waals surface area contributed by atoms with Crippen LogP contribution >= 0.6 is 12.2 Å². The standard InChI is InChI=1S/C14H14N2O2S/c1-17-10-4-2-3-9(7-10)13-15-12-5-6-18-8-11(12)14(19)16-13/h2-4,7H,5-6,8H2,1H3,(H,15,16,19). The first-order valence-electron chi connectivity index (χ1n) is 6.12. The number of fused-ring (bicyclic) bond motifs is 1. The molecule has 0 radical (unpaired) electrons. The van der Waals surface area contributed by atoms with Crippen LogP contribution < -0.4 is 4.74 Å². The highest BCUT2D eigenvalue weighted by molar-refractivity contribution is 7.71. The van der Waals surface area contributed by atoms with Crippen molar-refractivity contribution in [2.24, 2.45) is 0 Å². The summed E-state index contributed by atoms with van der Waals surface area (Å²) in [7, 11) is 1.65. The lowest BCUT2D eigenvalue weighted by Crippen LogP contribution is -2.14. The number of aromatic nitrogens is 2. The fourth-order valence-electron chi connectivity index (χ4n) is 2.16. The first-order chi connectivity index (χ1) is 9.28. The molecule has 0 saturated heterocycles. The first-order valence-corrected chi connectivity index (χ1v) is 6.53. The van der Waals surface area contributed by atoms with Gasteiger partial charge in [0.25, 0.3) is 0 Å². The second-order valence-corrected chi connectivity index (χ2v) is 4.77. The van der Waals surface area contributed by atoms with Crippen LogP contribution in [0.3, 0.4) is 0 Å². The smallest absolute Gasteiger partial charge is 0.139 e. The number of methoxy groups -OCH3 is 1. The summed E-state index contributed by atoms with van der Waals surface area (Å²) in [6, 6.07) is 7.78. The fourth-order valence-corrected chi connectivity index (χ4v) is 2.44. The largest absolute Gasteiger partial charge is 0.497 e. The zero-order valence-electron chi connectivity index (χ0n) is 10.6. The molecule has 1 N–H and O–H groups in total. The monoisotopic (exact) mass is 274 g/mol. The van der Waals surface area contributed by atoms with Crippen LogP contribution in [0.15, 0.2) is 24.3 Å². The van der Waals surface area contributed by atoms with Crippen LogP contribution in [-0.4, -0.2) is 23.7 Å². The topological polar surface area (TPSA) is 47.1 Å². The van der Waals surface area contributed by atoms with Gasteiger partial charge in [0.15, 0.2) is 0 Å². The molecular formula is C14H14N2O2S. The Hall–Kier alpha value is -1.72. The highest BCUT2D eigenvalue weighted by atomic mass is 32.1. The van der Waals surface area contributed by atoms with Gasteiger partial charge in [-0.2, -0.15) is 0 Å². The number of rotatable bonds is 2. The zero-order chi connectivity index (χ0) is 13.2. The normalized spacial score (nSPS) is 13.9. The molecule has 1 aromatic heterocycles. The van der Waals surface area contributed by atoms with E-state index < -0.39 is 0 Å². The fraction of sp³-hybridized carbons (Fsp3) is 0.286. The Morgan fingerprint density at radius 2 is 2.32 bits per heavy atom. The van der Waals surface area contributed by atoms with Crippen molar-refractivity contribution in [2.45, 2.75) is 13.0 Å². The van der Waals surface area contributed by atoms with Crippen LogP contribution in [0.25, 0.3) is 11.4 Å². The van der Waals surface area contributed by atoms with Crippen molar-refractivity contribution in [3.05, 3.63) is 40.2 Å². The minimum absolute atomic E-state index is 0.552. The van der Waals surface area contributed by atoms with E-state index in [-0.39, 0.29) is 0 Å². The summed E-state index contributed by atoms with van der Waals surface area (Å²) in [4.78, 5) is 7.82. The molecular weight excluding hydrogens is 260 g/mol. The molecule has 0 fully saturated rings. The minimum Gasteiger partial charge on any atom is -0.497 e. The van der Waals surface area contributed by atoms with Crippen molar-refractivity contribution in [2.75, 3.05) is 13.7 Å². The molecule has 2 aromatic rings. The van der Waals surface area contributed by atoms with Crippen LogP contribution in [0.5, 0.6) is 5.75 Å². The molecule has 2 heterocycles. The molecule has 0 atom stereocenters. The summed E-state index contributed by atoms with van der Waals surface area (Å²) < 4.78 is 11.3. The molecule has 1 aliphatic heterocycles. The van der Waals surface area contributed by atoms with Gasteiger partial charge >= 0.3 is 0 Å². The van der Waals surface area contributed by atoms with Gasteiger partial charge in [-0.1, -0.05) is 24.4 Å². The summed E-state index contributed by atoms with van der Waals surface area (Å²) in [5, 5.41) is 0. The van der Waals surface area contributed by atoms with E-state index in [9.17, 15) is 0 Å². The highest BCUT2D eigenvalue weighted by Gasteiger charge is 2.14. The Morgan fingerprint density at radius 1 is 1.42 bits per heavy atom. The Labute approximate surface area is 116 Å². The summed E-state index contributed by atoms with van der Waals surface area (Å²) in [6.07, 6.45) is 0.846. The molecule has 1 aliphatic rings. The number of nitrogens with zero attached hydrogens (tertiary/aromatic N) is 1. The molecule has 0 spiro atoms. The zero-order valence-corrected chi connectivity index (χ0v) is 11.4. The van der Waals surface area contributed by atoms with E-state index in [0.717, 1.165) is 41.4 Å². The van der Waals surface area contributed by atoms with E-state index in [4.69, 9.17) is 21.7 Å². The summed E-state index contributed by atoms with van der Waals surface area (Å²) in [6.45, 7) is 1.27. The average molecular weight is 274 g/mol. The molecule has 19 heavy (non-hydrogen) atoms. The Balaban J connectivity index is 2.10. The van der Waals surface area contributed by atoms with Crippen molar-refractivity contribution in [3.63, 3.8) is 0 Å². The number of hydrogen-bond acceptors (Lipinski definition) is 4. The quantitative estimate of drug-likeness (QED) is 0.855. The van der Waals surface area contributed by atoms with Crippen LogP contribution in [-0.2, 0) is 17.8 Å². The number of aromatic amines is 1. The Morgan fingerprint density at radius 3 is 3.16 bits per heavy atom. The van der Waals surface area contributed by atoms with Crippen molar-refractivity contribution in [3.8, 4) is 17.1 Å². The lowest BCUT2D eigenvalue weighted by atomic mass is 10.1. The summed E-state index contributed by atoms with van der Waals surface area (Å²) >= 11 is 5.35. The van der Waals surface area contributed by atoms with Gasteiger partial charge in [0.05, 0.1) is 20.3 Å². The summed E-state index contributed by atoms with van der Waals surface area (Å²) in [5.74, 6) is 1.59. The van der Waals surface area contributed by atoms with Crippen LogP contribution in [0, 0.1) is 4.64 Å². The summed E-state index contributed by atoms with van der Waals surface area (Å²) in [5.41, 5.74) is 3.11. The maximum absolute atomic E-state index is 5.41. The SMILES string of the molecule is COc1cccc(-c2nc(=S)c3c([nH]2)CCOC3)c1. The third kappa shape index (κ3) is 2.39. The second kappa shape index (κ2) is 5.11. The maximum atomic E-state index is 5.41. The molecule has 0 amide bonds. The Bertz CT molecular complexity index is 667. The molecule has 98 valence electrons. The van der Waals surface area contributed by atoms with Gasteiger partial charge in [-0.3, -0.25) is 0 Å². The van der Waals surface area contributed by atoms with E-state index in [1.807, 2.05) is 24.3 Å². The molecule has 0 unspecified atom stereocenters. The Kier molecular flexibility index (Phi) is 3.31. The molecule has 0 saturated carbocycles. The van der Waals surface area contributed by atoms with Gasteiger partial charge in [0, 0.05) is 23.2 Å². The van der Waals surface area contributed by atoms with Gasteiger partial charge in [-0.05, 0) is 12.1 Å². The molecule has 0 aliphatic carbocycles. The molecule has 4 nitrogen and oxygen atoms in total. The second-order valence-electron chi connectivity index (χ2n) is 4.38. The van der Waals surface area contributed by atoms with E-state index >= 15 is 0 Å². The predicted molar refractivity (Wildman–Crippen MR) is 74.8 cm³/mol. The number of nitrogens with one attached hydrogen (secondary N) is 1. The van der Waals surface area contributed by atoms with E-state index in [1.165, 1.54) is 0 Å². The third-order valence-corrected chi connectivity index (χ3v) is 3.53. The maximum Gasteiger partial charge on any atom is 0.139 e. The van der Waals surface area contributed by atoms with Gasteiger partial charge in [0.2, 0.25) is 0 Å². The molecule has 1 aromatic carbocycles. The molecule has 5 heteroatoms. The van der Waals surface area contributed by atoms with Crippen molar-refractivity contribution < 1.29 is 9.47 Å².